The van der Waals surface area contributed by atoms with Crippen LogP contribution in [0.25, 0.3) is 0 Å². The van der Waals surface area contributed by atoms with Crippen LogP contribution in [0.4, 0.5) is 0 Å². The van der Waals surface area contributed by atoms with Gasteiger partial charge >= 0.3 is 0 Å². The van der Waals surface area contributed by atoms with E-state index in [4.69, 9.17) is 16.6 Å². The van der Waals surface area contributed by atoms with Crippen molar-refractivity contribution in [2.24, 2.45) is 11.5 Å². The van der Waals surface area contributed by atoms with E-state index in [0.29, 0.717) is 12.7 Å². The summed E-state index contributed by atoms with van der Waals surface area (Å²) in [6.45, 7) is -0.0251. The number of aldehydes is 1. The molecule has 2 unspecified atom stereocenters. The van der Waals surface area contributed by atoms with Gasteiger partial charge in [0.1, 0.15) is 6.29 Å². The molecule has 0 aliphatic rings. The van der Waals surface area contributed by atoms with E-state index in [1.807, 2.05) is 0 Å². The van der Waals surface area contributed by atoms with Crippen LogP contribution in [0.2, 0.25) is 0 Å². The molecule has 9 heavy (non-hydrogen) atoms. The number of hydrogen-bond donors (Lipinski definition) is 3. The van der Waals surface area contributed by atoms with Gasteiger partial charge in [0.05, 0.1) is 6.04 Å². The van der Waals surface area contributed by atoms with E-state index in [1.54, 1.807) is 0 Å². The van der Waals surface area contributed by atoms with Crippen LogP contribution in [0.15, 0.2) is 0 Å². The van der Waals surface area contributed by atoms with Crippen LogP contribution in [0.3, 0.4) is 0 Å². The van der Waals surface area contributed by atoms with E-state index in [-0.39, 0.29) is 6.61 Å². The molecule has 0 spiro atoms. The second-order valence-corrected chi connectivity index (χ2v) is 1.89. The minimum Gasteiger partial charge on any atom is -0.396 e. The van der Waals surface area contributed by atoms with E-state index in [1.165, 1.54) is 0 Å². The van der Waals surface area contributed by atoms with Crippen molar-refractivity contribution in [2.75, 3.05) is 6.61 Å². The molecule has 54 valence electrons. The smallest absolute Gasteiger partial charge is 0.138 e. The number of hydrogen-bond acceptors (Lipinski definition) is 4. The van der Waals surface area contributed by atoms with Gasteiger partial charge < -0.3 is 21.4 Å². The van der Waals surface area contributed by atoms with Crippen LogP contribution in [0.1, 0.15) is 6.42 Å². The molecule has 0 bridgehead atoms. The highest BCUT2D eigenvalue weighted by Gasteiger charge is 2.09. The fraction of sp³-hybridized carbons (Fsp3) is 0.800. The van der Waals surface area contributed by atoms with Gasteiger partial charge in [-0.2, -0.15) is 0 Å². The van der Waals surface area contributed by atoms with Gasteiger partial charge in [-0.25, -0.2) is 0 Å². The maximum atomic E-state index is 9.93. The highest BCUT2D eigenvalue weighted by molar-refractivity contribution is 5.58. The molecule has 0 saturated heterocycles. The lowest BCUT2D eigenvalue weighted by Crippen LogP contribution is -2.42. The van der Waals surface area contributed by atoms with E-state index < -0.39 is 12.1 Å². The zero-order chi connectivity index (χ0) is 7.28. The summed E-state index contributed by atoms with van der Waals surface area (Å²) < 4.78 is 0. The summed E-state index contributed by atoms with van der Waals surface area (Å²) in [5.41, 5.74) is 10.5. The Hall–Kier alpha value is -0.450. The van der Waals surface area contributed by atoms with Crippen LogP contribution >= 0.6 is 0 Å². The number of aliphatic hydroxyl groups excluding tert-OH is 1. The molecular weight excluding hydrogens is 120 g/mol. The summed E-state index contributed by atoms with van der Waals surface area (Å²) in [7, 11) is 0. The second-order valence-electron chi connectivity index (χ2n) is 1.89. The average molecular weight is 132 g/mol. The number of carbonyl (C=O) groups is 1. The van der Waals surface area contributed by atoms with E-state index in [0.717, 1.165) is 0 Å². The summed E-state index contributed by atoms with van der Waals surface area (Å²) in [6, 6.07) is -1.05. The third-order valence-electron chi connectivity index (χ3n) is 1.11. The van der Waals surface area contributed by atoms with E-state index in [9.17, 15) is 4.79 Å². The van der Waals surface area contributed by atoms with Gasteiger partial charge in [-0.3, -0.25) is 0 Å². The van der Waals surface area contributed by atoms with Crippen molar-refractivity contribution >= 4 is 6.29 Å². The summed E-state index contributed by atoms with van der Waals surface area (Å²) in [5.74, 6) is 0. The first-order valence-electron chi connectivity index (χ1n) is 2.79. The molecule has 0 fully saturated rings. The first-order valence-corrected chi connectivity index (χ1v) is 2.79. The van der Waals surface area contributed by atoms with Crippen molar-refractivity contribution in [3.8, 4) is 0 Å². The minimum absolute atomic E-state index is 0.0251. The van der Waals surface area contributed by atoms with Crippen molar-refractivity contribution in [3.05, 3.63) is 0 Å². The second kappa shape index (κ2) is 4.43. The number of carbonyl (C=O) groups excluding carboxylic acids is 1. The molecule has 4 heteroatoms. The van der Waals surface area contributed by atoms with Crippen molar-refractivity contribution in [3.63, 3.8) is 0 Å². The van der Waals surface area contributed by atoms with E-state index in [2.05, 4.69) is 0 Å². The van der Waals surface area contributed by atoms with Crippen LogP contribution in [0, 0.1) is 0 Å². The molecule has 0 aromatic rings. The Morgan fingerprint density at radius 1 is 1.56 bits per heavy atom. The van der Waals surface area contributed by atoms with Crippen LogP contribution in [0.5, 0.6) is 0 Å². The van der Waals surface area contributed by atoms with Crippen LogP contribution in [-0.2, 0) is 4.79 Å². The minimum atomic E-state index is -0.642. The average Bonchev–Trinajstić information content (AvgIpc) is 1.87. The third-order valence-corrected chi connectivity index (χ3v) is 1.11. The lowest BCUT2D eigenvalue weighted by Gasteiger charge is -2.11. The summed E-state index contributed by atoms with van der Waals surface area (Å²) in [6.07, 6.45) is 0.959. The van der Waals surface area contributed by atoms with Gasteiger partial charge in [0.15, 0.2) is 0 Å². The summed E-state index contributed by atoms with van der Waals surface area (Å²) in [5, 5.41) is 8.33. The number of aliphatic hydroxyl groups is 1. The fourth-order valence-corrected chi connectivity index (χ4v) is 0.442. The maximum Gasteiger partial charge on any atom is 0.138 e. The summed E-state index contributed by atoms with van der Waals surface area (Å²) in [4.78, 5) is 9.93. The first-order chi connectivity index (χ1) is 4.22. The predicted octanol–water partition coefficient (Wildman–Crippen LogP) is -1.78. The topological polar surface area (TPSA) is 89.3 Å². The fourth-order valence-electron chi connectivity index (χ4n) is 0.442. The summed E-state index contributed by atoms with van der Waals surface area (Å²) >= 11 is 0. The molecule has 4 nitrogen and oxygen atoms in total. The monoisotopic (exact) mass is 132 g/mol. The van der Waals surface area contributed by atoms with Gasteiger partial charge in [0.25, 0.3) is 0 Å². The molecule has 5 N–H and O–H groups in total. The third kappa shape index (κ3) is 3.18. The van der Waals surface area contributed by atoms with Crippen LogP contribution in [-0.4, -0.2) is 30.1 Å². The molecule has 0 aliphatic heterocycles. The standard InChI is InChI=1S/C5H12N2O2/c6-4(1-2-8)5(7)3-9/h3-5,8H,1-2,6-7H2. The maximum absolute atomic E-state index is 9.93. The molecule has 0 aromatic heterocycles. The highest BCUT2D eigenvalue weighted by atomic mass is 16.3. The Labute approximate surface area is 53.8 Å². The number of nitrogens with two attached hydrogens (primary N) is 2. The van der Waals surface area contributed by atoms with Crippen molar-refractivity contribution in [1.82, 2.24) is 0 Å². The Bertz CT molecular complexity index is 87.0. The normalized spacial score (nSPS) is 16.8. The number of rotatable bonds is 4. The molecular formula is C5H12N2O2. The Morgan fingerprint density at radius 2 is 2.11 bits per heavy atom. The molecule has 0 aliphatic carbocycles. The molecule has 0 heterocycles. The van der Waals surface area contributed by atoms with Crippen molar-refractivity contribution < 1.29 is 9.90 Å². The zero-order valence-corrected chi connectivity index (χ0v) is 5.16. The van der Waals surface area contributed by atoms with Gasteiger partial charge in [-0.05, 0) is 6.42 Å². The van der Waals surface area contributed by atoms with Gasteiger partial charge in [0.2, 0.25) is 0 Å². The first kappa shape index (κ1) is 8.55. The van der Waals surface area contributed by atoms with Gasteiger partial charge in [-0.15, -0.1) is 0 Å². The SMILES string of the molecule is NC(C=O)C(N)CCO. The molecule has 0 saturated carbocycles. The molecule has 0 amide bonds. The lowest BCUT2D eigenvalue weighted by atomic mass is 10.1. The van der Waals surface area contributed by atoms with Gasteiger partial charge in [-0.1, -0.05) is 0 Å². The van der Waals surface area contributed by atoms with Crippen molar-refractivity contribution in [2.45, 2.75) is 18.5 Å². The molecule has 0 aromatic carbocycles. The predicted molar refractivity (Wildman–Crippen MR) is 33.7 cm³/mol. The Kier molecular flexibility index (Phi) is 4.21. The largest absolute Gasteiger partial charge is 0.396 e. The lowest BCUT2D eigenvalue weighted by molar-refractivity contribution is -0.109. The quantitative estimate of drug-likeness (QED) is 0.394. The molecule has 0 radical (unpaired) electrons. The van der Waals surface area contributed by atoms with Crippen molar-refractivity contribution in [1.29, 1.82) is 0 Å². The van der Waals surface area contributed by atoms with Crippen LogP contribution < -0.4 is 11.5 Å². The Morgan fingerprint density at radius 3 is 2.44 bits per heavy atom. The molecule has 0 rings (SSSR count). The highest BCUT2D eigenvalue weighted by Crippen LogP contribution is 1.88. The Balaban J connectivity index is 3.44. The molecule has 2 atom stereocenters. The zero-order valence-electron chi connectivity index (χ0n) is 5.16. The van der Waals surface area contributed by atoms with Gasteiger partial charge in [0, 0.05) is 12.6 Å². The van der Waals surface area contributed by atoms with E-state index >= 15 is 0 Å².